The number of benzene rings is 1. The Labute approximate surface area is 104 Å². The SMILES string of the molecule is CC1CN(C(=O)c2cc3cccnc3cc2F)C1. The van der Waals surface area contributed by atoms with Crippen molar-refractivity contribution in [1.29, 1.82) is 0 Å². The van der Waals surface area contributed by atoms with E-state index in [4.69, 9.17) is 0 Å². The van der Waals surface area contributed by atoms with Crippen molar-refractivity contribution in [1.82, 2.24) is 9.88 Å². The summed E-state index contributed by atoms with van der Waals surface area (Å²) in [5.74, 6) is -0.207. The van der Waals surface area contributed by atoms with E-state index in [0.29, 0.717) is 24.5 Å². The van der Waals surface area contributed by atoms with Gasteiger partial charge in [0.15, 0.2) is 0 Å². The first-order chi connectivity index (χ1) is 8.65. The smallest absolute Gasteiger partial charge is 0.256 e. The van der Waals surface area contributed by atoms with Crippen LogP contribution >= 0.6 is 0 Å². The molecule has 4 heteroatoms. The maximum Gasteiger partial charge on any atom is 0.256 e. The first-order valence-corrected chi connectivity index (χ1v) is 5.98. The molecular weight excluding hydrogens is 231 g/mol. The second kappa shape index (κ2) is 4.05. The molecule has 92 valence electrons. The molecule has 0 radical (unpaired) electrons. The fourth-order valence-corrected chi connectivity index (χ4v) is 2.29. The fourth-order valence-electron chi connectivity index (χ4n) is 2.29. The number of carbonyl (C=O) groups is 1. The molecule has 1 amide bonds. The van der Waals surface area contributed by atoms with Crippen LogP contribution in [-0.2, 0) is 0 Å². The molecule has 0 unspecified atom stereocenters. The molecule has 0 saturated carbocycles. The van der Waals surface area contributed by atoms with Gasteiger partial charge in [0, 0.05) is 30.7 Å². The van der Waals surface area contributed by atoms with Crippen LogP contribution in [0.15, 0.2) is 30.5 Å². The lowest BCUT2D eigenvalue weighted by molar-refractivity contribution is 0.0526. The van der Waals surface area contributed by atoms with E-state index in [2.05, 4.69) is 11.9 Å². The molecule has 1 aromatic carbocycles. The van der Waals surface area contributed by atoms with Gasteiger partial charge in [-0.3, -0.25) is 9.78 Å². The topological polar surface area (TPSA) is 33.2 Å². The molecule has 3 rings (SSSR count). The van der Waals surface area contributed by atoms with Gasteiger partial charge < -0.3 is 4.90 Å². The summed E-state index contributed by atoms with van der Waals surface area (Å²) < 4.78 is 13.9. The van der Waals surface area contributed by atoms with E-state index in [1.807, 2.05) is 6.07 Å². The summed E-state index contributed by atoms with van der Waals surface area (Å²) in [5.41, 5.74) is 0.714. The number of hydrogen-bond donors (Lipinski definition) is 0. The lowest BCUT2D eigenvalue weighted by Crippen LogP contribution is -2.48. The van der Waals surface area contributed by atoms with E-state index in [0.717, 1.165) is 5.39 Å². The number of rotatable bonds is 1. The molecule has 0 spiro atoms. The number of halogens is 1. The molecule has 18 heavy (non-hydrogen) atoms. The lowest BCUT2D eigenvalue weighted by Gasteiger charge is -2.37. The van der Waals surface area contributed by atoms with Crippen LogP contribution in [0.5, 0.6) is 0 Å². The third kappa shape index (κ3) is 1.74. The van der Waals surface area contributed by atoms with Crippen molar-refractivity contribution in [2.75, 3.05) is 13.1 Å². The van der Waals surface area contributed by atoms with Crippen LogP contribution in [0.3, 0.4) is 0 Å². The highest BCUT2D eigenvalue weighted by Gasteiger charge is 2.29. The van der Waals surface area contributed by atoms with Gasteiger partial charge in [0.05, 0.1) is 11.1 Å². The first-order valence-electron chi connectivity index (χ1n) is 5.98. The van der Waals surface area contributed by atoms with Crippen LogP contribution in [0.4, 0.5) is 4.39 Å². The van der Waals surface area contributed by atoms with Crippen LogP contribution in [0.1, 0.15) is 17.3 Å². The third-order valence-electron chi connectivity index (χ3n) is 3.27. The standard InChI is InChI=1S/C14H13FN2O/c1-9-7-17(8-9)14(18)11-5-10-3-2-4-16-13(10)6-12(11)15/h2-6,9H,7-8H2,1H3. The second-order valence-electron chi connectivity index (χ2n) is 4.84. The molecule has 2 aromatic rings. The Balaban J connectivity index is 2.01. The van der Waals surface area contributed by atoms with Gasteiger partial charge in [-0.25, -0.2) is 4.39 Å². The van der Waals surface area contributed by atoms with Gasteiger partial charge in [0.1, 0.15) is 5.82 Å². The van der Waals surface area contributed by atoms with Gasteiger partial charge in [-0.15, -0.1) is 0 Å². The largest absolute Gasteiger partial charge is 0.338 e. The number of pyridine rings is 1. The van der Waals surface area contributed by atoms with Gasteiger partial charge in [-0.1, -0.05) is 13.0 Å². The zero-order chi connectivity index (χ0) is 12.7. The highest BCUT2D eigenvalue weighted by molar-refractivity contribution is 5.98. The highest BCUT2D eigenvalue weighted by atomic mass is 19.1. The fraction of sp³-hybridized carbons (Fsp3) is 0.286. The Hall–Kier alpha value is -1.97. The quantitative estimate of drug-likeness (QED) is 0.772. The van der Waals surface area contributed by atoms with Crippen LogP contribution in [-0.4, -0.2) is 28.9 Å². The molecule has 1 aliphatic rings. The maximum absolute atomic E-state index is 13.9. The van der Waals surface area contributed by atoms with Gasteiger partial charge in [-0.2, -0.15) is 0 Å². The van der Waals surface area contributed by atoms with E-state index >= 15 is 0 Å². The molecule has 0 aliphatic carbocycles. The molecule has 0 N–H and O–H groups in total. The normalized spacial score (nSPS) is 15.8. The van der Waals surface area contributed by atoms with E-state index in [1.165, 1.54) is 6.07 Å². The molecule has 2 heterocycles. The minimum absolute atomic E-state index is 0.141. The summed E-state index contributed by atoms with van der Waals surface area (Å²) >= 11 is 0. The molecule has 1 saturated heterocycles. The first kappa shape index (κ1) is 11.1. The van der Waals surface area contributed by atoms with Crippen LogP contribution in [0, 0.1) is 11.7 Å². The second-order valence-corrected chi connectivity index (χ2v) is 4.84. The Morgan fingerprint density at radius 2 is 2.22 bits per heavy atom. The number of hydrogen-bond acceptors (Lipinski definition) is 2. The average molecular weight is 244 g/mol. The van der Waals surface area contributed by atoms with E-state index in [1.54, 1.807) is 23.2 Å². The molecule has 1 aromatic heterocycles. The number of fused-ring (bicyclic) bond motifs is 1. The van der Waals surface area contributed by atoms with E-state index in [9.17, 15) is 9.18 Å². The number of amides is 1. The van der Waals surface area contributed by atoms with Crippen molar-refractivity contribution in [2.45, 2.75) is 6.92 Å². The van der Waals surface area contributed by atoms with Crippen LogP contribution < -0.4 is 0 Å². The minimum Gasteiger partial charge on any atom is -0.338 e. The van der Waals surface area contributed by atoms with E-state index < -0.39 is 5.82 Å². The summed E-state index contributed by atoms with van der Waals surface area (Å²) in [6.07, 6.45) is 1.61. The number of likely N-dealkylation sites (tertiary alicyclic amines) is 1. The lowest BCUT2D eigenvalue weighted by atomic mass is 10.0. The summed E-state index contributed by atoms with van der Waals surface area (Å²) in [6.45, 7) is 3.50. The molecule has 0 atom stereocenters. The Kier molecular flexibility index (Phi) is 2.51. The van der Waals surface area contributed by atoms with Gasteiger partial charge >= 0.3 is 0 Å². The third-order valence-corrected chi connectivity index (χ3v) is 3.27. The number of nitrogens with zero attached hydrogens (tertiary/aromatic N) is 2. The Morgan fingerprint density at radius 3 is 2.94 bits per heavy atom. The predicted molar refractivity (Wildman–Crippen MR) is 66.8 cm³/mol. The number of carbonyl (C=O) groups excluding carboxylic acids is 1. The van der Waals surface area contributed by atoms with Crippen LogP contribution in [0.2, 0.25) is 0 Å². The van der Waals surface area contributed by atoms with Gasteiger partial charge in [0.25, 0.3) is 5.91 Å². The van der Waals surface area contributed by atoms with E-state index in [-0.39, 0.29) is 11.5 Å². The molecule has 1 fully saturated rings. The number of aromatic nitrogens is 1. The summed E-state index contributed by atoms with van der Waals surface area (Å²) in [6, 6.07) is 6.52. The maximum atomic E-state index is 13.9. The highest BCUT2D eigenvalue weighted by Crippen LogP contribution is 2.22. The molecule has 1 aliphatic heterocycles. The van der Waals surface area contributed by atoms with Crippen molar-refractivity contribution in [3.05, 3.63) is 41.8 Å². The zero-order valence-corrected chi connectivity index (χ0v) is 10.1. The van der Waals surface area contributed by atoms with Crippen molar-refractivity contribution in [3.63, 3.8) is 0 Å². The summed E-state index contributed by atoms with van der Waals surface area (Å²) in [5, 5.41) is 0.788. The van der Waals surface area contributed by atoms with Crippen molar-refractivity contribution in [2.24, 2.45) is 5.92 Å². The van der Waals surface area contributed by atoms with Gasteiger partial charge in [0.2, 0.25) is 0 Å². The van der Waals surface area contributed by atoms with Crippen molar-refractivity contribution in [3.8, 4) is 0 Å². The molecular formula is C14H13FN2O. The van der Waals surface area contributed by atoms with Crippen molar-refractivity contribution < 1.29 is 9.18 Å². The van der Waals surface area contributed by atoms with Gasteiger partial charge in [-0.05, 0) is 18.1 Å². The summed E-state index contributed by atoms with van der Waals surface area (Å²) in [7, 11) is 0. The zero-order valence-electron chi connectivity index (χ0n) is 10.1. The minimum atomic E-state index is -0.495. The molecule has 0 bridgehead atoms. The Bertz CT molecular complexity index is 620. The predicted octanol–water partition coefficient (Wildman–Crippen LogP) is 2.47. The van der Waals surface area contributed by atoms with Crippen molar-refractivity contribution >= 4 is 16.8 Å². The molecule has 3 nitrogen and oxygen atoms in total. The monoisotopic (exact) mass is 244 g/mol. The van der Waals surface area contributed by atoms with Crippen LogP contribution in [0.25, 0.3) is 10.9 Å². The average Bonchev–Trinajstić information content (AvgIpc) is 2.33. The summed E-state index contributed by atoms with van der Waals surface area (Å²) in [4.78, 5) is 17.8. The Morgan fingerprint density at radius 1 is 1.44 bits per heavy atom.